The first kappa shape index (κ1) is 18.4. The molecule has 110 valence electrons. The van der Waals surface area contributed by atoms with Gasteiger partial charge < -0.3 is 0 Å². The fourth-order valence-corrected chi connectivity index (χ4v) is 1.79. The first-order valence-electron chi connectivity index (χ1n) is 7.74. The molecule has 20 heavy (non-hydrogen) atoms. The standard InChI is InChI=1S/C15H16O.2C2H6/c1-12-8-10-14(11-9-12)15(16)13-6-4-2-3-5-7-13;2*1-2/h2,4-8,10-12H,3,9H2,1H3;2*1-2H3. The summed E-state index contributed by atoms with van der Waals surface area (Å²) in [6.45, 7) is 10.2. The number of ketones is 1. The fourth-order valence-electron chi connectivity index (χ4n) is 1.79. The van der Waals surface area contributed by atoms with E-state index in [0.717, 1.165) is 24.0 Å². The number of hydrogen-bond donors (Lipinski definition) is 0. The zero-order valence-electron chi connectivity index (χ0n) is 13.5. The number of hydrogen-bond acceptors (Lipinski definition) is 1. The van der Waals surface area contributed by atoms with Crippen LogP contribution in [0.4, 0.5) is 0 Å². The van der Waals surface area contributed by atoms with Crippen molar-refractivity contribution in [3.05, 3.63) is 59.8 Å². The van der Waals surface area contributed by atoms with E-state index in [4.69, 9.17) is 0 Å². The van der Waals surface area contributed by atoms with Gasteiger partial charge in [-0.3, -0.25) is 4.79 Å². The van der Waals surface area contributed by atoms with E-state index in [0.29, 0.717) is 5.92 Å². The Kier molecular flexibility index (Phi) is 10.3. The van der Waals surface area contributed by atoms with Crippen molar-refractivity contribution in [3.8, 4) is 0 Å². The lowest BCUT2D eigenvalue weighted by Crippen LogP contribution is -2.06. The van der Waals surface area contributed by atoms with Crippen LogP contribution in [0.15, 0.2) is 59.8 Å². The Morgan fingerprint density at radius 2 is 1.75 bits per heavy atom. The van der Waals surface area contributed by atoms with Gasteiger partial charge in [0.15, 0.2) is 5.78 Å². The van der Waals surface area contributed by atoms with Crippen molar-refractivity contribution in [1.82, 2.24) is 0 Å². The monoisotopic (exact) mass is 272 g/mol. The van der Waals surface area contributed by atoms with Crippen LogP contribution in [0.1, 0.15) is 47.5 Å². The molecule has 0 amide bonds. The molecule has 2 aliphatic rings. The third-order valence-electron chi connectivity index (χ3n) is 2.82. The van der Waals surface area contributed by atoms with Crippen molar-refractivity contribution in [2.45, 2.75) is 47.5 Å². The summed E-state index contributed by atoms with van der Waals surface area (Å²) in [5.41, 5.74) is 1.60. The van der Waals surface area contributed by atoms with Crippen LogP contribution in [0, 0.1) is 5.92 Å². The maximum Gasteiger partial charge on any atom is 0.192 e. The second-order valence-electron chi connectivity index (χ2n) is 4.25. The third-order valence-corrected chi connectivity index (χ3v) is 2.82. The lowest BCUT2D eigenvalue weighted by Gasteiger charge is -2.10. The van der Waals surface area contributed by atoms with E-state index >= 15 is 0 Å². The molecule has 0 fully saturated rings. The SMILES string of the molecule is CC.CC.CC1C=CC(C(=O)C2=CC=CCC=C2)=CC1. The van der Waals surface area contributed by atoms with E-state index in [9.17, 15) is 4.79 Å². The van der Waals surface area contributed by atoms with Crippen LogP contribution in [0.2, 0.25) is 0 Å². The summed E-state index contributed by atoms with van der Waals surface area (Å²) < 4.78 is 0. The van der Waals surface area contributed by atoms with Crippen molar-refractivity contribution in [3.63, 3.8) is 0 Å². The molecule has 2 aliphatic carbocycles. The van der Waals surface area contributed by atoms with Gasteiger partial charge in [-0.15, -0.1) is 0 Å². The van der Waals surface area contributed by atoms with E-state index < -0.39 is 0 Å². The normalized spacial score (nSPS) is 19.6. The maximum atomic E-state index is 12.1. The predicted octanol–water partition coefficient (Wildman–Crippen LogP) is 5.57. The summed E-state index contributed by atoms with van der Waals surface area (Å²) in [5.74, 6) is 0.682. The number of Topliss-reactive ketones (excluding diaryl/α,β-unsaturated/α-hetero) is 1. The highest BCUT2D eigenvalue weighted by atomic mass is 16.1. The van der Waals surface area contributed by atoms with Crippen LogP contribution in [-0.4, -0.2) is 5.78 Å². The largest absolute Gasteiger partial charge is 0.289 e. The second kappa shape index (κ2) is 11.2. The molecular formula is C19H28O. The van der Waals surface area contributed by atoms with Gasteiger partial charge in [0.05, 0.1) is 0 Å². The first-order valence-corrected chi connectivity index (χ1v) is 7.74. The van der Waals surface area contributed by atoms with Gasteiger partial charge in [0.25, 0.3) is 0 Å². The smallest absolute Gasteiger partial charge is 0.192 e. The van der Waals surface area contributed by atoms with Crippen molar-refractivity contribution in [2.75, 3.05) is 0 Å². The average Bonchev–Trinajstić information content (AvgIpc) is 2.80. The van der Waals surface area contributed by atoms with Gasteiger partial charge in [-0.1, -0.05) is 83.2 Å². The molecule has 0 saturated heterocycles. The highest BCUT2D eigenvalue weighted by molar-refractivity contribution is 6.12. The molecule has 0 saturated carbocycles. The van der Waals surface area contributed by atoms with Crippen LogP contribution >= 0.6 is 0 Å². The lowest BCUT2D eigenvalue weighted by atomic mass is 9.93. The van der Waals surface area contributed by atoms with Crippen molar-refractivity contribution in [2.24, 2.45) is 5.92 Å². The zero-order chi connectivity index (χ0) is 15.4. The number of carbonyl (C=O) groups is 1. The Bertz CT molecular complexity index is 431. The lowest BCUT2D eigenvalue weighted by molar-refractivity contribution is -0.111. The van der Waals surface area contributed by atoms with E-state index in [2.05, 4.69) is 13.0 Å². The summed E-state index contributed by atoms with van der Waals surface area (Å²) >= 11 is 0. The minimum absolute atomic E-state index is 0.131. The molecular weight excluding hydrogens is 244 g/mol. The van der Waals surface area contributed by atoms with Crippen LogP contribution in [-0.2, 0) is 4.79 Å². The number of allylic oxidation sites excluding steroid dienone is 10. The Labute approximate surface area is 124 Å². The van der Waals surface area contributed by atoms with Gasteiger partial charge in [-0.05, 0) is 18.8 Å². The Hall–Kier alpha value is -1.63. The molecule has 0 aromatic heterocycles. The fraction of sp³-hybridized carbons (Fsp3) is 0.421. The molecule has 1 atom stereocenters. The summed E-state index contributed by atoms with van der Waals surface area (Å²) in [6.07, 6.45) is 17.8. The minimum Gasteiger partial charge on any atom is -0.289 e. The van der Waals surface area contributed by atoms with E-state index in [-0.39, 0.29) is 5.78 Å². The molecule has 0 radical (unpaired) electrons. The van der Waals surface area contributed by atoms with Crippen LogP contribution in [0.3, 0.4) is 0 Å². The number of rotatable bonds is 2. The van der Waals surface area contributed by atoms with E-state index in [1.807, 2.05) is 70.2 Å². The van der Waals surface area contributed by atoms with Crippen LogP contribution < -0.4 is 0 Å². The third kappa shape index (κ3) is 6.01. The molecule has 0 aromatic rings. The highest BCUT2D eigenvalue weighted by Gasteiger charge is 2.13. The van der Waals surface area contributed by atoms with Crippen LogP contribution in [0.5, 0.6) is 0 Å². The molecule has 0 N–H and O–H groups in total. The van der Waals surface area contributed by atoms with Gasteiger partial charge >= 0.3 is 0 Å². The first-order chi connectivity index (χ1) is 9.77. The summed E-state index contributed by atoms with van der Waals surface area (Å²) in [7, 11) is 0. The van der Waals surface area contributed by atoms with E-state index in [1.165, 1.54) is 0 Å². The Morgan fingerprint density at radius 1 is 1.05 bits per heavy atom. The van der Waals surface area contributed by atoms with Crippen LogP contribution in [0.25, 0.3) is 0 Å². The molecule has 1 unspecified atom stereocenters. The van der Waals surface area contributed by atoms with Gasteiger partial charge in [0.1, 0.15) is 0 Å². The second-order valence-corrected chi connectivity index (χ2v) is 4.25. The number of carbonyl (C=O) groups excluding carboxylic acids is 1. The highest BCUT2D eigenvalue weighted by Crippen LogP contribution is 2.19. The molecule has 0 aliphatic heterocycles. The molecule has 0 aromatic carbocycles. The molecule has 2 rings (SSSR count). The molecule has 0 spiro atoms. The summed E-state index contributed by atoms with van der Waals surface area (Å²) in [4.78, 5) is 12.1. The van der Waals surface area contributed by atoms with E-state index in [1.54, 1.807) is 0 Å². The van der Waals surface area contributed by atoms with Gasteiger partial charge in [-0.25, -0.2) is 0 Å². The van der Waals surface area contributed by atoms with Gasteiger partial charge in [-0.2, -0.15) is 0 Å². The molecule has 0 heterocycles. The van der Waals surface area contributed by atoms with Crippen molar-refractivity contribution < 1.29 is 4.79 Å². The summed E-state index contributed by atoms with van der Waals surface area (Å²) in [6, 6.07) is 0. The van der Waals surface area contributed by atoms with Crippen molar-refractivity contribution >= 4 is 5.78 Å². The Balaban J connectivity index is 0.000000829. The van der Waals surface area contributed by atoms with Gasteiger partial charge in [0.2, 0.25) is 0 Å². The minimum atomic E-state index is 0.131. The quantitative estimate of drug-likeness (QED) is 0.642. The topological polar surface area (TPSA) is 17.1 Å². The zero-order valence-corrected chi connectivity index (χ0v) is 13.5. The molecule has 1 heteroatoms. The molecule has 0 bridgehead atoms. The van der Waals surface area contributed by atoms with Crippen molar-refractivity contribution in [1.29, 1.82) is 0 Å². The predicted molar refractivity (Wildman–Crippen MR) is 89.7 cm³/mol. The average molecular weight is 272 g/mol. The Morgan fingerprint density at radius 3 is 2.35 bits per heavy atom. The maximum absolute atomic E-state index is 12.1. The molecule has 1 nitrogen and oxygen atoms in total. The van der Waals surface area contributed by atoms with Gasteiger partial charge in [0, 0.05) is 11.1 Å². The summed E-state index contributed by atoms with van der Waals surface area (Å²) in [5, 5.41) is 0.